The van der Waals surface area contributed by atoms with E-state index in [2.05, 4.69) is 10.5 Å². The highest BCUT2D eigenvalue weighted by atomic mass is 16.7. The van der Waals surface area contributed by atoms with Crippen molar-refractivity contribution in [1.29, 1.82) is 0 Å². The van der Waals surface area contributed by atoms with Crippen LogP contribution >= 0.6 is 0 Å². The van der Waals surface area contributed by atoms with E-state index in [1.807, 2.05) is 6.92 Å². The summed E-state index contributed by atoms with van der Waals surface area (Å²) in [6.45, 7) is 2.47. The predicted octanol–water partition coefficient (Wildman–Crippen LogP) is 2.42. The first kappa shape index (κ1) is 18.2. The number of nitro groups is 1. The zero-order valence-electron chi connectivity index (χ0n) is 14.5. The zero-order valence-corrected chi connectivity index (χ0v) is 14.5. The molecule has 27 heavy (non-hydrogen) atoms. The summed E-state index contributed by atoms with van der Waals surface area (Å²) in [6, 6.07) is 9.86. The lowest BCUT2D eigenvalue weighted by atomic mass is 10.1. The number of benzene rings is 2. The second-order valence-electron chi connectivity index (χ2n) is 5.57. The van der Waals surface area contributed by atoms with E-state index in [1.54, 1.807) is 24.3 Å². The van der Waals surface area contributed by atoms with Crippen LogP contribution < -0.4 is 19.6 Å². The molecule has 1 N–H and O–H groups in total. The van der Waals surface area contributed by atoms with Crippen LogP contribution in [-0.4, -0.2) is 30.4 Å². The van der Waals surface area contributed by atoms with Gasteiger partial charge in [-0.3, -0.25) is 14.9 Å². The Morgan fingerprint density at radius 1 is 1.30 bits per heavy atom. The number of fused-ring (bicyclic) bond motifs is 1. The molecule has 0 aromatic heterocycles. The van der Waals surface area contributed by atoms with E-state index in [9.17, 15) is 14.9 Å². The molecule has 0 spiro atoms. The Labute approximate surface area is 154 Å². The molecule has 3 rings (SSSR count). The van der Waals surface area contributed by atoms with Crippen molar-refractivity contribution in [2.45, 2.75) is 13.3 Å². The molecule has 0 bridgehead atoms. The topological polar surface area (TPSA) is 112 Å². The number of nitrogens with one attached hydrogen (secondary N) is 1. The van der Waals surface area contributed by atoms with Crippen LogP contribution in [0.1, 0.15) is 18.1 Å². The van der Waals surface area contributed by atoms with E-state index in [0.717, 1.165) is 11.3 Å². The van der Waals surface area contributed by atoms with Crippen LogP contribution in [-0.2, 0) is 11.2 Å². The second kappa shape index (κ2) is 8.17. The standard InChI is InChI=1S/C18H17N3O6/c1-2-25-14-5-3-12(4-6-14)7-18(22)20-19-10-13-8-16-17(27-11-26-16)9-15(13)21(23)24/h3-6,8-10H,2,7,11H2,1H3,(H,20,22)/b19-10-. The normalized spacial score (nSPS) is 12.2. The Kier molecular flexibility index (Phi) is 5.50. The minimum absolute atomic E-state index is 0.00586. The Morgan fingerprint density at radius 3 is 2.67 bits per heavy atom. The summed E-state index contributed by atoms with van der Waals surface area (Å²) < 4.78 is 15.7. The summed E-state index contributed by atoms with van der Waals surface area (Å²) in [5.74, 6) is 1.08. The third kappa shape index (κ3) is 4.51. The van der Waals surface area contributed by atoms with Crippen LogP contribution in [0, 0.1) is 10.1 Å². The summed E-state index contributed by atoms with van der Waals surface area (Å²) in [5.41, 5.74) is 3.16. The van der Waals surface area contributed by atoms with Gasteiger partial charge in [0.05, 0.1) is 35.8 Å². The maximum absolute atomic E-state index is 12.0. The molecule has 1 amide bonds. The Balaban J connectivity index is 1.63. The summed E-state index contributed by atoms with van der Waals surface area (Å²) in [5, 5.41) is 15.0. The van der Waals surface area contributed by atoms with Crippen molar-refractivity contribution in [3.63, 3.8) is 0 Å². The second-order valence-corrected chi connectivity index (χ2v) is 5.57. The van der Waals surface area contributed by atoms with E-state index < -0.39 is 4.92 Å². The third-order valence-electron chi connectivity index (χ3n) is 3.71. The molecular formula is C18H17N3O6. The van der Waals surface area contributed by atoms with E-state index >= 15 is 0 Å². The van der Waals surface area contributed by atoms with Gasteiger partial charge >= 0.3 is 0 Å². The van der Waals surface area contributed by atoms with Crippen molar-refractivity contribution >= 4 is 17.8 Å². The van der Waals surface area contributed by atoms with Crippen molar-refractivity contribution in [1.82, 2.24) is 5.43 Å². The average Bonchev–Trinajstić information content (AvgIpc) is 3.10. The summed E-state index contributed by atoms with van der Waals surface area (Å²) in [4.78, 5) is 22.6. The molecule has 2 aromatic carbocycles. The average molecular weight is 371 g/mol. The smallest absolute Gasteiger partial charge is 0.282 e. The number of rotatable bonds is 7. The summed E-state index contributed by atoms with van der Waals surface area (Å²) in [6.07, 6.45) is 1.32. The molecule has 0 saturated carbocycles. The molecular weight excluding hydrogens is 354 g/mol. The third-order valence-corrected chi connectivity index (χ3v) is 3.71. The Bertz CT molecular complexity index is 879. The molecule has 1 aliphatic rings. The molecule has 0 aliphatic carbocycles. The molecule has 0 unspecified atom stereocenters. The summed E-state index contributed by atoms with van der Waals surface area (Å²) >= 11 is 0. The maximum Gasteiger partial charge on any atom is 0.282 e. The Hall–Kier alpha value is -3.62. The molecule has 140 valence electrons. The highest BCUT2D eigenvalue weighted by molar-refractivity contribution is 5.88. The van der Waals surface area contributed by atoms with Gasteiger partial charge in [-0.25, -0.2) is 5.43 Å². The summed E-state index contributed by atoms with van der Waals surface area (Å²) in [7, 11) is 0. The highest BCUT2D eigenvalue weighted by Gasteiger charge is 2.22. The van der Waals surface area contributed by atoms with Crippen LogP contribution in [0.15, 0.2) is 41.5 Å². The number of hydrogen-bond donors (Lipinski definition) is 1. The van der Waals surface area contributed by atoms with Gasteiger partial charge in [-0.1, -0.05) is 12.1 Å². The van der Waals surface area contributed by atoms with E-state index in [1.165, 1.54) is 18.3 Å². The maximum atomic E-state index is 12.0. The number of amides is 1. The SMILES string of the molecule is CCOc1ccc(CC(=O)N/N=C\c2cc3c(cc2[N+](=O)[O-])OCO3)cc1. The quantitative estimate of drug-likeness (QED) is 0.454. The van der Waals surface area contributed by atoms with Gasteiger partial charge in [-0.2, -0.15) is 5.10 Å². The molecule has 1 heterocycles. The fourth-order valence-electron chi connectivity index (χ4n) is 2.48. The molecule has 0 atom stereocenters. The number of nitrogens with zero attached hydrogens (tertiary/aromatic N) is 2. The molecule has 2 aromatic rings. The fraction of sp³-hybridized carbons (Fsp3) is 0.222. The lowest BCUT2D eigenvalue weighted by molar-refractivity contribution is -0.385. The first-order chi connectivity index (χ1) is 13.1. The van der Waals surface area contributed by atoms with Crippen molar-refractivity contribution in [3.05, 3.63) is 57.6 Å². The molecule has 9 nitrogen and oxygen atoms in total. The molecule has 1 aliphatic heterocycles. The van der Waals surface area contributed by atoms with E-state index in [4.69, 9.17) is 14.2 Å². The van der Waals surface area contributed by atoms with E-state index in [0.29, 0.717) is 18.1 Å². The van der Waals surface area contributed by atoms with Crippen LogP contribution in [0.5, 0.6) is 17.2 Å². The lowest BCUT2D eigenvalue weighted by Crippen LogP contribution is -2.19. The first-order valence-corrected chi connectivity index (χ1v) is 8.18. The fourth-order valence-corrected chi connectivity index (χ4v) is 2.48. The number of nitro benzene ring substituents is 1. The van der Waals surface area contributed by atoms with Gasteiger partial charge in [0.2, 0.25) is 12.7 Å². The lowest BCUT2D eigenvalue weighted by Gasteiger charge is -2.04. The molecule has 0 fully saturated rings. The van der Waals surface area contributed by atoms with Gasteiger partial charge in [0.15, 0.2) is 11.5 Å². The number of hydrazone groups is 1. The van der Waals surface area contributed by atoms with Crippen molar-refractivity contribution in [2.75, 3.05) is 13.4 Å². The number of carbonyl (C=O) groups excluding carboxylic acids is 1. The van der Waals surface area contributed by atoms with Crippen LogP contribution in [0.2, 0.25) is 0 Å². The van der Waals surface area contributed by atoms with Gasteiger partial charge in [0, 0.05) is 0 Å². The highest BCUT2D eigenvalue weighted by Crippen LogP contribution is 2.37. The first-order valence-electron chi connectivity index (χ1n) is 8.18. The van der Waals surface area contributed by atoms with Crippen LogP contribution in [0.4, 0.5) is 5.69 Å². The molecule has 9 heteroatoms. The van der Waals surface area contributed by atoms with Crippen LogP contribution in [0.3, 0.4) is 0 Å². The van der Waals surface area contributed by atoms with Crippen LogP contribution in [0.25, 0.3) is 0 Å². The van der Waals surface area contributed by atoms with Gasteiger partial charge < -0.3 is 14.2 Å². The van der Waals surface area contributed by atoms with E-state index in [-0.39, 0.29) is 30.4 Å². The van der Waals surface area contributed by atoms with Crippen molar-refractivity contribution in [2.24, 2.45) is 5.10 Å². The van der Waals surface area contributed by atoms with Crippen molar-refractivity contribution < 1.29 is 23.9 Å². The predicted molar refractivity (Wildman–Crippen MR) is 96.3 cm³/mol. The Morgan fingerprint density at radius 2 is 2.00 bits per heavy atom. The largest absolute Gasteiger partial charge is 0.494 e. The van der Waals surface area contributed by atoms with Crippen molar-refractivity contribution in [3.8, 4) is 17.2 Å². The molecule has 0 saturated heterocycles. The van der Waals surface area contributed by atoms with Gasteiger partial charge in [-0.05, 0) is 30.7 Å². The zero-order chi connectivity index (χ0) is 19.2. The molecule has 0 radical (unpaired) electrons. The van der Waals surface area contributed by atoms with Gasteiger partial charge in [0.1, 0.15) is 5.75 Å². The number of ether oxygens (including phenoxy) is 3. The monoisotopic (exact) mass is 371 g/mol. The number of hydrogen-bond acceptors (Lipinski definition) is 7. The minimum Gasteiger partial charge on any atom is -0.494 e. The van der Waals surface area contributed by atoms with Gasteiger partial charge in [0.25, 0.3) is 5.69 Å². The van der Waals surface area contributed by atoms with Gasteiger partial charge in [-0.15, -0.1) is 0 Å². The minimum atomic E-state index is -0.551. The number of carbonyl (C=O) groups is 1.